The third-order valence-electron chi connectivity index (χ3n) is 4.66. The summed E-state index contributed by atoms with van der Waals surface area (Å²) in [6.45, 7) is 1.28. The van der Waals surface area contributed by atoms with Crippen LogP contribution in [0.3, 0.4) is 0 Å². The molecule has 0 radical (unpaired) electrons. The van der Waals surface area contributed by atoms with E-state index in [1.54, 1.807) is 11.0 Å². The molecule has 0 saturated carbocycles. The molecule has 0 saturated heterocycles. The van der Waals surface area contributed by atoms with Gasteiger partial charge in [0.1, 0.15) is 5.75 Å². The average molecular weight is 463 g/mol. The standard InChI is InChI=1S/C25H23BrN2O2/c26-22-12-13-24(30-17-14-20-8-3-1-4-9-20)23(18-22)25(29)28(16-7-15-27)19-21-10-5-2-6-11-21/h1-6,8-13,18H,7,14,16-17,19H2. The molecule has 30 heavy (non-hydrogen) atoms. The molecular weight excluding hydrogens is 440 g/mol. The molecule has 0 aliphatic heterocycles. The first-order valence-electron chi connectivity index (χ1n) is 9.84. The highest BCUT2D eigenvalue weighted by Gasteiger charge is 2.20. The van der Waals surface area contributed by atoms with E-state index in [1.807, 2.05) is 60.7 Å². The summed E-state index contributed by atoms with van der Waals surface area (Å²) in [6, 6.07) is 27.5. The van der Waals surface area contributed by atoms with E-state index in [2.05, 4.69) is 34.1 Å². The predicted octanol–water partition coefficient (Wildman–Crippen LogP) is 5.63. The fourth-order valence-corrected chi connectivity index (χ4v) is 3.49. The van der Waals surface area contributed by atoms with Crippen molar-refractivity contribution in [2.45, 2.75) is 19.4 Å². The van der Waals surface area contributed by atoms with Crippen LogP contribution in [0.4, 0.5) is 0 Å². The molecule has 3 aromatic rings. The van der Waals surface area contributed by atoms with E-state index in [9.17, 15) is 4.79 Å². The number of amides is 1. The monoisotopic (exact) mass is 462 g/mol. The maximum absolute atomic E-state index is 13.4. The van der Waals surface area contributed by atoms with Crippen LogP contribution in [0.1, 0.15) is 27.9 Å². The summed E-state index contributed by atoms with van der Waals surface area (Å²) in [5.74, 6) is 0.402. The van der Waals surface area contributed by atoms with Gasteiger partial charge in [0, 0.05) is 24.0 Å². The second kappa shape index (κ2) is 11.2. The van der Waals surface area contributed by atoms with Crippen molar-refractivity contribution in [1.82, 2.24) is 4.90 Å². The predicted molar refractivity (Wildman–Crippen MR) is 121 cm³/mol. The largest absolute Gasteiger partial charge is 0.492 e. The molecule has 0 aromatic heterocycles. The number of carbonyl (C=O) groups is 1. The molecule has 152 valence electrons. The van der Waals surface area contributed by atoms with E-state index in [0.29, 0.717) is 31.0 Å². The Labute approximate surface area is 185 Å². The van der Waals surface area contributed by atoms with E-state index in [4.69, 9.17) is 10.00 Å². The lowest BCUT2D eigenvalue weighted by Crippen LogP contribution is -2.31. The number of rotatable bonds is 9. The Morgan fingerprint density at radius 2 is 1.63 bits per heavy atom. The number of nitrogens with zero attached hydrogens (tertiary/aromatic N) is 2. The van der Waals surface area contributed by atoms with Gasteiger partial charge in [0.25, 0.3) is 5.91 Å². The Morgan fingerprint density at radius 3 is 2.30 bits per heavy atom. The van der Waals surface area contributed by atoms with Crippen LogP contribution in [-0.4, -0.2) is 24.0 Å². The molecular formula is C25H23BrN2O2. The molecule has 0 N–H and O–H groups in total. The molecule has 3 aromatic carbocycles. The van der Waals surface area contributed by atoms with Gasteiger partial charge in [-0.15, -0.1) is 0 Å². The van der Waals surface area contributed by atoms with Gasteiger partial charge in [-0.3, -0.25) is 4.79 Å². The van der Waals surface area contributed by atoms with Gasteiger partial charge in [-0.25, -0.2) is 0 Å². The van der Waals surface area contributed by atoms with Crippen LogP contribution in [0.5, 0.6) is 5.75 Å². The molecule has 0 unspecified atom stereocenters. The lowest BCUT2D eigenvalue weighted by molar-refractivity contribution is 0.0742. The number of hydrogen-bond donors (Lipinski definition) is 0. The fraction of sp³-hybridized carbons (Fsp3) is 0.200. The Morgan fingerprint density at radius 1 is 0.967 bits per heavy atom. The maximum Gasteiger partial charge on any atom is 0.257 e. The topological polar surface area (TPSA) is 53.3 Å². The third-order valence-corrected chi connectivity index (χ3v) is 5.15. The van der Waals surface area contributed by atoms with Crippen molar-refractivity contribution >= 4 is 21.8 Å². The molecule has 0 heterocycles. The van der Waals surface area contributed by atoms with Crippen LogP contribution in [0.2, 0.25) is 0 Å². The second-order valence-electron chi connectivity index (χ2n) is 6.84. The molecule has 0 aliphatic rings. The molecule has 1 amide bonds. The molecule has 0 bridgehead atoms. The summed E-state index contributed by atoms with van der Waals surface area (Å²) in [4.78, 5) is 15.1. The Kier molecular flexibility index (Phi) is 8.05. The van der Waals surface area contributed by atoms with E-state index in [0.717, 1.165) is 16.5 Å². The Hall–Kier alpha value is -3.10. The highest BCUT2D eigenvalue weighted by molar-refractivity contribution is 9.10. The van der Waals surface area contributed by atoms with E-state index >= 15 is 0 Å². The molecule has 4 nitrogen and oxygen atoms in total. The van der Waals surface area contributed by atoms with Gasteiger partial charge in [0.05, 0.1) is 24.7 Å². The molecule has 3 rings (SSSR count). The highest BCUT2D eigenvalue weighted by Crippen LogP contribution is 2.26. The zero-order valence-electron chi connectivity index (χ0n) is 16.6. The van der Waals surface area contributed by atoms with E-state index in [1.165, 1.54) is 5.56 Å². The maximum atomic E-state index is 13.4. The van der Waals surface area contributed by atoms with Crippen molar-refractivity contribution in [3.05, 3.63) is 100 Å². The lowest BCUT2D eigenvalue weighted by atomic mass is 10.1. The minimum absolute atomic E-state index is 0.148. The van der Waals surface area contributed by atoms with Crippen molar-refractivity contribution < 1.29 is 9.53 Å². The molecule has 0 aliphatic carbocycles. The van der Waals surface area contributed by atoms with Gasteiger partial charge < -0.3 is 9.64 Å². The van der Waals surface area contributed by atoms with Crippen LogP contribution in [0, 0.1) is 11.3 Å². The van der Waals surface area contributed by atoms with Crippen molar-refractivity contribution in [2.75, 3.05) is 13.2 Å². The summed E-state index contributed by atoms with van der Waals surface area (Å²) >= 11 is 3.46. The zero-order chi connectivity index (χ0) is 21.2. The quantitative estimate of drug-likeness (QED) is 0.414. The van der Waals surface area contributed by atoms with E-state index < -0.39 is 0 Å². The summed E-state index contributed by atoms with van der Waals surface area (Å²) in [5.41, 5.74) is 2.69. The van der Waals surface area contributed by atoms with Crippen LogP contribution in [0.15, 0.2) is 83.3 Å². The summed E-state index contributed by atoms with van der Waals surface area (Å²) in [7, 11) is 0. The van der Waals surface area contributed by atoms with Crippen molar-refractivity contribution in [2.24, 2.45) is 0 Å². The molecule has 0 spiro atoms. The van der Waals surface area contributed by atoms with Crippen molar-refractivity contribution in [3.63, 3.8) is 0 Å². The number of benzene rings is 3. The first kappa shape index (κ1) is 21.6. The van der Waals surface area contributed by atoms with Crippen molar-refractivity contribution in [3.8, 4) is 11.8 Å². The SMILES string of the molecule is N#CCCN(Cc1ccccc1)C(=O)c1cc(Br)ccc1OCCc1ccccc1. The minimum atomic E-state index is -0.148. The Balaban J connectivity index is 1.77. The van der Waals surface area contributed by atoms with Gasteiger partial charge in [-0.2, -0.15) is 5.26 Å². The molecule has 5 heteroatoms. The van der Waals surface area contributed by atoms with Gasteiger partial charge in [-0.1, -0.05) is 76.6 Å². The number of halogens is 1. The first-order valence-corrected chi connectivity index (χ1v) is 10.6. The number of ether oxygens (including phenoxy) is 1. The smallest absolute Gasteiger partial charge is 0.257 e. The Bertz CT molecular complexity index is 1000. The number of hydrogen-bond acceptors (Lipinski definition) is 3. The third kappa shape index (κ3) is 6.20. The van der Waals surface area contributed by atoms with Gasteiger partial charge in [0.15, 0.2) is 0 Å². The summed E-state index contributed by atoms with van der Waals surface area (Å²) < 4.78 is 6.80. The average Bonchev–Trinajstić information content (AvgIpc) is 2.78. The van der Waals surface area contributed by atoms with E-state index in [-0.39, 0.29) is 12.3 Å². The van der Waals surface area contributed by atoms with Crippen LogP contribution < -0.4 is 4.74 Å². The molecule has 0 atom stereocenters. The van der Waals surface area contributed by atoms with Crippen LogP contribution in [0.25, 0.3) is 0 Å². The van der Waals surface area contributed by atoms with Crippen LogP contribution in [-0.2, 0) is 13.0 Å². The normalized spacial score (nSPS) is 10.3. The van der Waals surface area contributed by atoms with Gasteiger partial charge in [0.2, 0.25) is 0 Å². The van der Waals surface area contributed by atoms with Crippen molar-refractivity contribution in [1.29, 1.82) is 5.26 Å². The summed E-state index contributed by atoms with van der Waals surface area (Å²) in [5, 5.41) is 9.04. The number of nitriles is 1. The molecule has 0 fully saturated rings. The van der Waals surface area contributed by atoms with Gasteiger partial charge >= 0.3 is 0 Å². The minimum Gasteiger partial charge on any atom is -0.492 e. The fourth-order valence-electron chi connectivity index (χ4n) is 3.13. The number of carbonyl (C=O) groups excluding carboxylic acids is 1. The summed E-state index contributed by atoms with van der Waals surface area (Å²) in [6.07, 6.45) is 1.03. The first-order chi connectivity index (χ1) is 14.7. The zero-order valence-corrected chi connectivity index (χ0v) is 18.2. The highest BCUT2D eigenvalue weighted by atomic mass is 79.9. The second-order valence-corrected chi connectivity index (χ2v) is 7.76. The van der Waals surface area contributed by atoms with Gasteiger partial charge in [-0.05, 0) is 29.3 Å². The van der Waals surface area contributed by atoms with Crippen LogP contribution >= 0.6 is 15.9 Å². The lowest BCUT2D eigenvalue weighted by Gasteiger charge is -2.23.